The van der Waals surface area contributed by atoms with Gasteiger partial charge in [-0.25, -0.2) is 9.97 Å². The van der Waals surface area contributed by atoms with Crippen molar-refractivity contribution in [3.63, 3.8) is 0 Å². The first-order valence-electron chi connectivity index (χ1n) is 9.60. The number of hydrogen-bond acceptors (Lipinski definition) is 3. The molecule has 2 heterocycles. The van der Waals surface area contributed by atoms with E-state index in [1.54, 1.807) is 6.20 Å². The highest BCUT2D eigenvalue weighted by atomic mass is 35.5. The van der Waals surface area contributed by atoms with Crippen LogP contribution in [0.25, 0.3) is 29.0 Å². The molecular formula is C24H24ClN3O. The van der Waals surface area contributed by atoms with Crippen molar-refractivity contribution in [2.24, 2.45) is 0 Å². The Morgan fingerprint density at radius 2 is 1.66 bits per heavy atom. The third-order valence-corrected chi connectivity index (χ3v) is 4.71. The highest BCUT2D eigenvalue weighted by molar-refractivity contribution is 5.85. The van der Waals surface area contributed by atoms with E-state index in [0.29, 0.717) is 6.61 Å². The summed E-state index contributed by atoms with van der Waals surface area (Å²) < 4.78 is 7.45. The van der Waals surface area contributed by atoms with Gasteiger partial charge >= 0.3 is 0 Å². The van der Waals surface area contributed by atoms with E-state index >= 15 is 0 Å². The lowest BCUT2D eigenvalue weighted by molar-refractivity contribution is 0.339. The predicted octanol–water partition coefficient (Wildman–Crippen LogP) is 5.97. The molecule has 0 unspecified atom stereocenters. The zero-order valence-electron chi connectivity index (χ0n) is 16.6. The summed E-state index contributed by atoms with van der Waals surface area (Å²) in [5.74, 6) is 1.60. The van der Waals surface area contributed by atoms with E-state index in [2.05, 4.69) is 71.5 Å². The molecule has 0 bridgehead atoms. The Morgan fingerprint density at radius 3 is 2.34 bits per heavy atom. The number of aromatic nitrogens is 3. The SMILES string of the molecule is CCOc1ccc(-n2cnc3cc(/C=C/c4ccc(CC)cc4)ccc32)nc1.Cl. The van der Waals surface area contributed by atoms with Gasteiger partial charge in [0, 0.05) is 0 Å². The van der Waals surface area contributed by atoms with Gasteiger partial charge in [0.2, 0.25) is 0 Å². The number of ether oxygens (including phenoxy) is 1. The number of halogens is 1. The Balaban J connectivity index is 0.00000240. The van der Waals surface area contributed by atoms with Crippen molar-refractivity contribution < 1.29 is 4.74 Å². The van der Waals surface area contributed by atoms with Crippen LogP contribution in [0, 0.1) is 0 Å². The Bertz CT molecular complexity index is 1100. The topological polar surface area (TPSA) is 39.9 Å². The highest BCUT2D eigenvalue weighted by Crippen LogP contribution is 2.21. The first-order chi connectivity index (χ1) is 13.8. The molecule has 4 aromatic rings. The smallest absolute Gasteiger partial charge is 0.138 e. The van der Waals surface area contributed by atoms with E-state index in [9.17, 15) is 0 Å². The third kappa shape index (κ3) is 4.66. The van der Waals surface area contributed by atoms with Crippen molar-refractivity contribution in [3.8, 4) is 11.6 Å². The molecule has 4 rings (SSSR count). The molecule has 5 heteroatoms. The number of nitrogens with zero attached hydrogens (tertiary/aromatic N) is 3. The summed E-state index contributed by atoms with van der Waals surface area (Å²) in [4.78, 5) is 9.04. The van der Waals surface area contributed by atoms with Gasteiger partial charge in [0.15, 0.2) is 0 Å². The summed E-state index contributed by atoms with van der Waals surface area (Å²) in [7, 11) is 0. The fourth-order valence-electron chi connectivity index (χ4n) is 3.14. The molecule has 0 atom stereocenters. The van der Waals surface area contributed by atoms with Gasteiger partial charge in [-0.15, -0.1) is 12.4 Å². The molecule has 29 heavy (non-hydrogen) atoms. The summed E-state index contributed by atoms with van der Waals surface area (Å²) in [5, 5.41) is 0. The molecule has 0 aliphatic carbocycles. The number of imidazole rings is 1. The van der Waals surface area contributed by atoms with E-state index in [1.165, 1.54) is 11.1 Å². The number of rotatable bonds is 6. The van der Waals surface area contributed by atoms with Gasteiger partial charge in [-0.1, -0.05) is 49.4 Å². The van der Waals surface area contributed by atoms with Crippen LogP contribution in [0.1, 0.15) is 30.5 Å². The molecule has 2 aromatic heterocycles. The van der Waals surface area contributed by atoms with Crippen molar-refractivity contribution in [2.45, 2.75) is 20.3 Å². The number of pyridine rings is 1. The van der Waals surface area contributed by atoms with Crippen LogP contribution in [0.5, 0.6) is 5.75 Å². The van der Waals surface area contributed by atoms with Crippen LogP contribution in [0.15, 0.2) is 67.1 Å². The molecule has 0 aliphatic rings. The van der Waals surface area contributed by atoms with Crippen molar-refractivity contribution >= 4 is 35.6 Å². The number of aryl methyl sites for hydroxylation is 1. The van der Waals surface area contributed by atoms with Crippen LogP contribution in [-0.4, -0.2) is 21.1 Å². The maximum absolute atomic E-state index is 5.46. The lowest BCUT2D eigenvalue weighted by Gasteiger charge is -2.06. The summed E-state index contributed by atoms with van der Waals surface area (Å²) in [6.45, 7) is 4.76. The monoisotopic (exact) mass is 405 g/mol. The Labute approximate surface area is 177 Å². The Morgan fingerprint density at radius 1 is 0.897 bits per heavy atom. The minimum absolute atomic E-state index is 0. The molecule has 0 spiro atoms. The fourth-order valence-corrected chi connectivity index (χ4v) is 3.14. The van der Waals surface area contributed by atoms with Crippen molar-refractivity contribution in [2.75, 3.05) is 6.61 Å². The van der Waals surface area contributed by atoms with E-state index < -0.39 is 0 Å². The lowest BCUT2D eigenvalue weighted by atomic mass is 10.1. The van der Waals surface area contributed by atoms with Gasteiger partial charge in [-0.2, -0.15) is 0 Å². The minimum Gasteiger partial charge on any atom is -0.492 e. The first-order valence-corrected chi connectivity index (χ1v) is 9.60. The van der Waals surface area contributed by atoms with Gasteiger partial charge in [-0.05, 0) is 54.3 Å². The summed E-state index contributed by atoms with van der Waals surface area (Å²) in [6, 6.07) is 18.8. The molecular weight excluding hydrogens is 382 g/mol. The largest absolute Gasteiger partial charge is 0.492 e. The number of fused-ring (bicyclic) bond motifs is 1. The molecule has 0 amide bonds. The maximum Gasteiger partial charge on any atom is 0.138 e. The van der Waals surface area contributed by atoms with Crippen molar-refractivity contribution in [3.05, 3.63) is 83.8 Å². The van der Waals surface area contributed by atoms with Crippen LogP contribution in [-0.2, 0) is 6.42 Å². The second-order valence-electron chi connectivity index (χ2n) is 6.58. The zero-order valence-corrected chi connectivity index (χ0v) is 17.4. The van der Waals surface area contributed by atoms with Gasteiger partial charge in [0.05, 0.1) is 23.8 Å². The van der Waals surface area contributed by atoms with Crippen LogP contribution >= 0.6 is 12.4 Å². The van der Waals surface area contributed by atoms with Crippen LogP contribution < -0.4 is 4.74 Å². The minimum atomic E-state index is 0. The predicted molar refractivity (Wildman–Crippen MR) is 122 cm³/mol. The van der Waals surface area contributed by atoms with Gasteiger partial charge in [0.1, 0.15) is 17.9 Å². The van der Waals surface area contributed by atoms with E-state index in [-0.39, 0.29) is 12.4 Å². The van der Waals surface area contributed by atoms with Gasteiger partial charge < -0.3 is 4.74 Å². The quantitative estimate of drug-likeness (QED) is 0.371. The average Bonchev–Trinajstić information content (AvgIpc) is 3.17. The van der Waals surface area contributed by atoms with Crippen LogP contribution in [0.4, 0.5) is 0 Å². The summed E-state index contributed by atoms with van der Waals surface area (Å²) in [5.41, 5.74) is 5.64. The Hall–Kier alpha value is -3.11. The molecule has 0 saturated carbocycles. The zero-order chi connectivity index (χ0) is 19.3. The molecule has 0 fully saturated rings. The van der Waals surface area contributed by atoms with E-state index in [1.807, 2.05) is 30.0 Å². The number of hydrogen-bond donors (Lipinski definition) is 0. The summed E-state index contributed by atoms with van der Waals surface area (Å²) in [6.07, 6.45) is 8.86. The van der Waals surface area contributed by atoms with E-state index in [4.69, 9.17) is 4.74 Å². The third-order valence-electron chi connectivity index (χ3n) is 4.71. The Kier molecular flexibility index (Phi) is 6.68. The molecule has 148 valence electrons. The molecule has 0 N–H and O–H groups in total. The molecule has 0 radical (unpaired) electrons. The molecule has 4 nitrogen and oxygen atoms in total. The second kappa shape index (κ2) is 9.39. The molecule has 0 saturated heterocycles. The second-order valence-corrected chi connectivity index (χ2v) is 6.58. The van der Waals surface area contributed by atoms with Gasteiger partial charge in [-0.3, -0.25) is 4.57 Å². The standard InChI is InChI=1S/C24H23N3O.ClH/c1-3-18-5-7-19(8-6-18)9-10-20-11-13-23-22(15-20)26-17-27(23)24-14-12-21(16-25-24)28-4-2;/h5-17H,3-4H2,1-2H3;1H/b10-9+;. The van der Waals surface area contributed by atoms with Gasteiger partial charge in [0.25, 0.3) is 0 Å². The molecule has 0 aliphatic heterocycles. The van der Waals surface area contributed by atoms with Crippen LogP contribution in [0.3, 0.4) is 0 Å². The van der Waals surface area contributed by atoms with Crippen molar-refractivity contribution in [1.29, 1.82) is 0 Å². The molecule has 2 aromatic carbocycles. The normalized spacial score (nSPS) is 11.0. The maximum atomic E-state index is 5.46. The van der Waals surface area contributed by atoms with Crippen LogP contribution in [0.2, 0.25) is 0 Å². The highest BCUT2D eigenvalue weighted by Gasteiger charge is 2.06. The average molecular weight is 406 g/mol. The van der Waals surface area contributed by atoms with Crippen molar-refractivity contribution in [1.82, 2.24) is 14.5 Å². The lowest BCUT2D eigenvalue weighted by Crippen LogP contribution is -1.97. The first kappa shape index (κ1) is 20.6. The fraction of sp³-hybridized carbons (Fsp3) is 0.167. The number of benzene rings is 2. The van der Waals surface area contributed by atoms with E-state index in [0.717, 1.165) is 34.6 Å². The summed E-state index contributed by atoms with van der Waals surface area (Å²) >= 11 is 0.